The number of nitro groups is 1. The number of hydrogen-bond donors (Lipinski definition) is 1. The third-order valence-electron chi connectivity index (χ3n) is 3.30. The van der Waals surface area contributed by atoms with Crippen molar-refractivity contribution in [1.29, 1.82) is 0 Å². The van der Waals surface area contributed by atoms with E-state index < -0.39 is 56.8 Å². The van der Waals surface area contributed by atoms with E-state index in [-0.39, 0.29) is 6.07 Å². The topological polar surface area (TPSA) is 115 Å². The van der Waals surface area contributed by atoms with Crippen LogP contribution in [0.15, 0.2) is 18.2 Å². The van der Waals surface area contributed by atoms with Crippen molar-refractivity contribution in [3.8, 4) is 0 Å². The van der Waals surface area contributed by atoms with E-state index in [4.69, 9.17) is 5.11 Å². The number of Topliss-reactive ketones (excluding diaryl/α,β-unsaturated/α-hetero) is 2. The second-order valence-corrected chi connectivity index (χ2v) is 6.24. The molecule has 1 aromatic carbocycles. The largest absolute Gasteiger partial charge is 0.480 e. The van der Waals surface area contributed by atoms with Gasteiger partial charge in [0.2, 0.25) is 0 Å². The van der Waals surface area contributed by atoms with Gasteiger partial charge in [-0.1, -0.05) is 20.8 Å². The number of carboxylic acid groups (broad SMARTS) is 1. The quantitative estimate of drug-likeness (QED) is 0.373. The molecule has 1 unspecified atom stereocenters. The van der Waals surface area contributed by atoms with Gasteiger partial charge in [-0.15, -0.1) is 0 Å². The number of alkyl halides is 3. The van der Waals surface area contributed by atoms with Gasteiger partial charge >= 0.3 is 12.1 Å². The maximum atomic E-state index is 12.7. The molecule has 0 aliphatic carbocycles. The Morgan fingerprint density at radius 2 is 1.68 bits per heavy atom. The fraction of sp³-hybridized carbons (Fsp3) is 0.400. The highest BCUT2D eigenvalue weighted by molar-refractivity contribution is 6.24. The Bertz CT molecular complexity index is 749. The fourth-order valence-corrected chi connectivity index (χ4v) is 2.00. The minimum Gasteiger partial charge on any atom is -0.480 e. The van der Waals surface area contributed by atoms with Crippen molar-refractivity contribution in [2.75, 3.05) is 0 Å². The standard InChI is InChI=1S/C15H14F3NO6/c1-14(2,3)12(21)10(13(22)23)11(20)8-5-4-7(15(16,17)18)6-9(8)19(24)25/h4-6,10H,1-3H3,(H,22,23). The van der Waals surface area contributed by atoms with E-state index in [9.17, 15) is 37.7 Å². The van der Waals surface area contributed by atoms with Crippen LogP contribution in [-0.4, -0.2) is 27.6 Å². The van der Waals surface area contributed by atoms with Gasteiger partial charge in [-0.25, -0.2) is 0 Å². The van der Waals surface area contributed by atoms with Gasteiger partial charge in [0.1, 0.15) is 0 Å². The third-order valence-corrected chi connectivity index (χ3v) is 3.30. The summed E-state index contributed by atoms with van der Waals surface area (Å²) < 4.78 is 38.0. The molecule has 0 heterocycles. The van der Waals surface area contributed by atoms with Crippen LogP contribution in [0.3, 0.4) is 0 Å². The van der Waals surface area contributed by atoms with E-state index in [1.807, 2.05) is 0 Å². The number of carbonyl (C=O) groups excluding carboxylic acids is 2. The van der Waals surface area contributed by atoms with E-state index in [0.717, 1.165) is 0 Å². The predicted molar refractivity (Wildman–Crippen MR) is 78.0 cm³/mol. The zero-order valence-corrected chi connectivity index (χ0v) is 13.4. The number of hydrogen-bond acceptors (Lipinski definition) is 5. The monoisotopic (exact) mass is 361 g/mol. The van der Waals surface area contributed by atoms with Crippen LogP contribution in [0.1, 0.15) is 36.7 Å². The molecular formula is C15H14F3NO6. The third kappa shape index (κ3) is 4.40. The smallest absolute Gasteiger partial charge is 0.416 e. The van der Waals surface area contributed by atoms with Crippen molar-refractivity contribution in [2.24, 2.45) is 11.3 Å². The Labute approximate surface area is 139 Å². The molecule has 0 aliphatic heterocycles. The summed E-state index contributed by atoms with van der Waals surface area (Å²) in [5, 5.41) is 20.2. The molecule has 136 valence electrons. The molecule has 1 aromatic rings. The Hall–Kier alpha value is -2.78. The number of carbonyl (C=O) groups is 3. The number of rotatable bonds is 5. The summed E-state index contributed by atoms with van der Waals surface area (Å²) in [5.74, 6) is -6.54. The first-order valence-corrected chi connectivity index (χ1v) is 6.85. The highest BCUT2D eigenvalue weighted by Crippen LogP contribution is 2.34. The van der Waals surface area contributed by atoms with Crippen LogP contribution in [0.4, 0.5) is 18.9 Å². The molecule has 1 atom stereocenters. The first-order chi connectivity index (χ1) is 11.2. The van der Waals surface area contributed by atoms with Crippen molar-refractivity contribution in [3.63, 3.8) is 0 Å². The minimum absolute atomic E-state index is 0.133. The lowest BCUT2D eigenvalue weighted by atomic mass is 9.79. The second kappa shape index (κ2) is 6.61. The molecule has 1 rings (SSSR count). The average Bonchev–Trinajstić information content (AvgIpc) is 2.44. The minimum atomic E-state index is -4.89. The summed E-state index contributed by atoms with van der Waals surface area (Å²) in [6.45, 7) is 4.04. The molecule has 25 heavy (non-hydrogen) atoms. The number of ketones is 2. The maximum Gasteiger partial charge on any atom is 0.416 e. The van der Waals surface area contributed by atoms with Gasteiger partial charge in [0.05, 0.1) is 16.1 Å². The Balaban J connectivity index is 3.52. The molecule has 7 nitrogen and oxygen atoms in total. The van der Waals surface area contributed by atoms with Gasteiger partial charge < -0.3 is 5.11 Å². The number of nitro benzene ring substituents is 1. The predicted octanol–water partition coefficient (Wildman–Crippen LogP) is 3.11. The normalized spacial score (nSPS) is 13.2. The number of halogens is 3. The zero-order valence-electron chi connectivity index (χ0n) is 13.4. The van der Waals surface area contributed by atoms with Gasteiger partial charge in [-0.2, -0.15) is 13.2 Å². The molecular weight excluding hydrogens is 347 g/mol. The van der Waals surface area contributed by atoms with Crippen LogP contribution in [0.2, 0.25) is 0 Å². The van der Waals surface area contributed by atoms with Gasteiger partial charge in [-0.05, 0) is 12.1 Å². The van der Waals surface area contributed by atoms with Crippen molar-refractivity contribution < 1.29 is 37.6 Å². The first kappa shape index (κ1) is 20.3. The van der Waals surface area contributed by atoms with Crippen LogP contribution >= 0.6 is 0 Å². The van der Waals surface area contributed by atoms with Crippen LogP contribution in [0, 0.1) is 21.4 Å². The number of carboxylic acids is 1. The van der Waals surface area contributed by atoms with E-state index in [1.54, 1.807) is 0 Å². The van der Waals surface area contributed by atoms with E-state index in [2.05, 4.69) is 0 Å². The maximum absolute atomic E-state index is 12.7. The molecule has 0 saturated heterocycles. The number of aliphatic carboxylic acids is 1. The van der Waals surface area contributed by atoms with Gasteiger partial charge in [-0.3, -0.25) is 24.5 Å². The molecule has 0 spiro atoms. The van der Waals surface area contributed by atoms with Crippen molar-refractivity contribution in [2.45, 2.75) is 26.9 Å². The summed E-state index contributed by atoms with van der Waals surface area (Å²) in [4.78, 5) is 45.7. The summed E-state index contributed by atoms with van der Waals surface area (Å²) >= 11 is 0. The molecule has 10 heteroatoms. The highest BCUT2D eigenvalue weighted by atomic mass is 19.4. The van der Waals surface area contributed by atoms with E-state index in [0.29, 0.717) is 12.1 Å². The van der Waals surface area contributed by atoms with Gasteiger partial charge in [0, 0.05) is 11.5 Å². The molecule has 0 aliphatic rings. The molecule has 0 radical (unpaired) electrons. The number of benzene rings is 1. The van der Waals surface area contributed by atoms with E-state index in [1.165, 1.54) is 20.8 Å². The summed E-state index contributed by atoms with van der Waals surface area (Å²) in [5.41, 5.74) is -4.71. The fourth-order valence-electron chi connectivity index (χ4n) is 2.00. The number of nitrogens with zero attached hydrogens (tertiary/aromatic N) is 1. The summed E-state index contributed by atoms with van der Waals surface area (Å²) in [6, 6.07) is 1.06. The second-order valence-electron chi connectivity index (χ2n) is 6.24. The van der Waals surface area contributed by atoms with E-state index >= 15 is 0 Å². The molecule has 0 aromatic heterocycles. The summed E-state index contributed by atoms with van der Waals surface area (Å²) in [7, 11) is 0. The van der Waals surface area contributed by atoms with Crippen molar-refractivity contribution in [3.05, 3.63) is 39.4 Å². The van der Waals surface area contributed by atoms with Crippen LogP contribution in [-0.2, 0) is 15.8 Å². The molecule has 0 bridgehead atoms. The van der Waals surface area contributed by atoms with Gasteiger partial charge in [0.15, 0.2) is 17.5 Å². The van der Waals surface area contributed by atoms with Crippen LogP contribution < -0.4 is 0 Å². The lowest BCUT2D eigenvalue weighted by Gasteiger charge is -2.21. The average molecular weight is 361 g/mol. The summed E-state index contributed by atoms with van der Waals surface area (Å²) in [6.07, 6.45) is -4.89. The molecule has 0 saturated carbocycles. The van der Waals surface area contributed by atoms with Crippen LogP contribution in [0.25, 0.3) is 0 Å². The lowest BCUT2D eigenvalue weighted by Crippen LogP contribution is -2.39. The molecule has 0 fully saturated rings. The first-order valence-electron chi connectivity index (χ1n) is 6.85. The zero-order chi connectivity index (χ0) is 19.7. The SMILES string of the molecule is CC(C)(C)C(=O)C(C(=O)O)C(=O)c1ccc(C(F)(F)F)cc1[N+](=O)[O-]. The highest BCUT2D eigenvalue weighted by Gasteiger charge is 2.43. The lowest BCUT2D eigenvalue weighted by molar-refractivity contribution is -0.385. The van der Waals surface area contributed by atoms with Gasteiger partial charge in [0.25, 0.3) is 5.69 Å². The van der Waals surface area contributed by atoms with Crippen molar-refractivity contribution in [1.82, 2.24) is 0 Å². The Kier molecular flexibility index (Phi) is 5.36. The molecule has 0 amide bonds. The van der Waals surface area contributed by atoms with Crippen molar-refractivity contribution >= 4 is 23.2 Å². The Morgan fingerprint density at radius 1 is 1.16 bits per heavy atom. The Morgan fingerprint density at radius 3 is 2.04 bits per heavy atom. The molecule has 1 N–H and O–H groups in total. The van der Waals surface area contributed by atoms with Crippen LogP contribution in [0.5, 0.6) is 0 Å².